The molecule has 1 aromatic carbocycles. The molecule has 4 aromatic rings. The van der Waals surface area contributed by atoms with Crippen LogP contribution in [0.5, 0.6) is 0 Å². The van der Waals surface area contributed by atoms with Crippen LogP contribution in [0.15, 0.2) is 42.0 Å². The Morgan fingerprint density at radius 1 is 1.20 bits per heavy atom. The molecule has 0 N–H and O–H groups in total. The fourth-order valence-corrected chi connectivity index (χ4v) is 3.30. The van der Waals surface area contributed by atoms with E-state index in [9.17, 15) is 0 Å². The molecular formula is C15H14N4S. The number of hydrogen-bond acceptors (Lipinski definition) is 3. The maximum atomic E-state index is 4.70. The summed E-state index contributed by atoms with van der Waals surface area (Å²) in [4.78, 5) is 10.4. The highest BCUT2D eigenvalue weighted by Gasteiger charge is 2.11. The van der Waals surface area contributed by atoms with Crippen molar-refractivity contribution in [3.05, 3.63) is 53.6 Å². The molecule has 0 amide bonds. The van der Waals surface area contributed by atoms with Crippen molar-refractivity contribution < 1.29 is 0 Å². The van der Waals surface area contributed by atoms with E-state index in [0.717, 1.165) is 35.0 Å². The van der Waals surface area contributed by atoms with Gasteiger partial charge in [0, 0.05) is 24.2 Å². The minimum absolute atomic E-state index is 0.776. The number of thiazole rings is 1. The summed E-state index contributed by atoms with van der Waals surface area (Å²) >= 11 is 1.66. The lowest BCUT2D eigenvalue weighted by Gasteiger charge is -2.05. The zero-order valence-corrected chi connectivity index (χ0v) is 12.0. The highest BCUT2D eigenvalue weighted by atomic mass is 32.1. The van der Waals surface area contributed by atoms with E-state index in [1.807, 2.05) is 12.3 Å². The van der Waals surface area contributed by atoms with E-state index >= 15 is 0 Å². The van der Waals surface area contributed by atoms with Crippen LogP contribution in [0.4, 0.5) is 0 Å². The summed E-state index contributed by atoms with van der Waals surface area (Å²) in [6.45, 7) is 2.92. The average molecular weight is 282 g/mol. The van der Waals surface area contributed by atoms with Gasteiger partial charge in [0.25, 0.3) is 0 Å². The van der Waals surface area contributed by atoms with Crippen LogP contribution in [0.1, 0.15) is 18.4 Å². The van der Waals surface area contributed by atoms with Gasteiger partial charge >= 0.3 is 0 Å². The minimum Gasteiger partial charge on any atom is -0.322 e. The summed E-state index contributed by atoms with van der Waals surface area (Å²) in [6.07, 6.45) is 5.07. The van der Waals surface area contributed by atoms with Crippen molar-refractivity contribution in [3.63, 3.8) is 0 Å². The van der Waals surface area contributed by atoms with Crippen LogP contribution in [-0.4, -0.2) is 18.9 Å². The first-order valence-corrected chi connectivity index (χ1v) is 7.58. The van der Waals surface area contributed by atoms with Gasteiger partial charge in [-0.2, -0.15) is 0 Å². The zero-order chi connectivity index (χ0) is 13.5. The van der Waals surface area contributed by atoms with Gasteiger partial charge in [0.1, 0.15) is 5.82 Å². The van der Waals surface area contributed by atoms with Crippen LogP contribution in [0.2, 0.25) is 0 Å². The Morgan fingerprint density at radius 2 is 2.10 bits per heavy atom. The number of benzene rings is 1. The van der Waals surface area contributed by atoms with Crippen LogP contribution in [-0.2, 0) is 13.0 Å². The molecule has 3 heterocycles. The second kappa shape index (κ2) is 4.45. The molecule has 5 heteroatoms. The molecule has 0 saturated carbocycles. The Labute approximate surface area is 120 Å². The number of hydrogen-bond donors (Lipinski definition) is 0. The molecule has 0 bridgehead atoms. The van der Waals surface area contributed by atoms with Gasteiger partial charge in [0.05, 0.1) is 23.3 Å². The summed E-state index contributed by atoms with van der Waals surface area (Å²) in [5.74, 6) is 1.11. The molecule has 100 valence electrons. The van der Waals surface area contributed by atoms with Gasteiger partial charge in [-0.25, -0.2) is 9.97 Å². The zero-order valence-electron chi connectivity index (χ0n) is 11.2. The topological polar surface area (TPSA) is 35.1 Å². The highest BCUT2D eigenvalue weighted by Crippen LogP contribution is 2.19. The maximum absolute atomic E-state index is 4.70. The van der Waals surface area contributed by atoms with E-state index in [1.165, 1.54) is 5.52 Å². The van der Waals surface area contributed by atoms with Gasteiger partial charge in [0.15, 0.2) is 4.96 Å². The second-order valence-corrected chi connectivity index (χ2v) is 5.65. The van der Waals surface area contributed by atoms with Gasteiger partial charge in [-0.3, -0.25) is 4.40 Å². The second-order valence-electron chi connectivity index (χ2n) is 4.78. The van der Waals surface area contributed by atoms with Gasteiger partial charge in [-0.15, -0.1) is 11.3 Å². The molecule has 20 heavy (non-hydrogen) atoms. The van der Waals surface area contributed by atoms with Crippen molar-refractivity contribution in [1.82, 2.24) is 18.9 Å². The largest absolute Gasteiger partial charge is 0.322 e. The van der Waals surface area contributed by atoms with Crippen LogP contribution in [0.3, 0.4) is 0 Å². The van der Waals surface area contributed by atoms with Gasteiger partial charge in [-0.1, -0.05) is 19.1 Å². The monoisotopic (exact) mass is 282 g/mol. The first-order valence-electron chi connectivity index (χ1n) is 6.70. The van der Waals surface area contributed by atoms with Gasteiger partial charge < -0.3 is 4.57 Å². The number of rotatable bonds is 3. The quantitative estimate of drug-likeness (QED) is 0.577. The molecule has 0 radical (unpaired) electrons. The van der Waals surface area contributed by atoms with E-state index in [1.54, 1.807) is 11.3 Å². The van der Waals surface area contributed by atoms with E-state index in [-0.39, 0.29) is 0 Å². The number of nitrogens with zero attached hydrogens (tertiary/aromatic N) is 4. The van der Waals surface area contributed by atoms with E-state index < -0.39 is 0 Å². The van der Waals surface area contributed by atoms with Crippen molar-refractivity contribution in [2.75, 3.05) is 0 Å². The normalized spacial score (nSPS) is 11.7. The van der Waals surface area contributed by atoms with Crippen molar-refractivity contribution in [3.8, 4) is 0 Å². The molecule has 0 fully saturated rings. The van der Waals surface area contributed by atoms with Gasteiger partial charge in [-0.05, 0) is 12.1 Å². The Kier molecular flexibility index (Phi) is 2.60. The van der Waals surface area contributed by atoms with Crippen molar-refractivity contribution in [1.29, 1.82) is 0 Å². The fourth-order valence-electron chi connectivity index (χ4n) is 2.59. The Balaban J connectivity index is 1.82. The Hall–Kier alpha value is -2.14. The predicted octanol–water partition coefficient (Wildman–Crippen LogP) is 3.36. The molecule has 0 aliphatic heterocycles. The SMILES string of the molecule is CCc1nc2ccccc2n1Cc1cn2ccsc2n1. The number of imidazole rings is 2. The molecule has 0 spiro atoms. The van der Waals surface area contributed by atoms with E-state index in [2.05, 4.69) is 50.7 Å². The smallest absolute Gasteiger partial charge is 0.193 e. The third kappa shape index (κ3) is 1.74. The molecule has 3 aromatic heterocycles. The molecular weight excluding hydrogens is 268 g/mol. The Morgan fingerprint density at radius 3 is 2.95 bits per heavy atom. The molecule has 0 unspecified atom stereocenters. The number of aromatic nitrogens is 4. The number of aryl methyl sites for hydroxylation is 1. The van der Waals surface area contributed by atoms with Crippen LogP contribution < -0.4 is 0 Å². The lowest BCUT2D eigenvalue weighted by Crippen LogP contribution is -2.04. The van der Waals surface area contributed by atoms with Gasteiger partial charge in [0.2, 0.25) is 0 Å². The summed E-state index contributed by atoms with van der Waals surface area (Å²) in [7, 11) is 0. The number of para-hydroxylation sites is 2. The molecule has 0 saturated heterocycles. The standard InChI is InChI=1S/C15H14N4S/c1-2-14-17-12-5-3-4-6-13(12)19(14)10-11-9-18-7-8-20-15(18)16-11/h3-9H,2,10H2,1H3. The molecule has 0 aliphatic rings. The lowest BCUT2D eigenvalue weighted by atomic mass is 10.3. The molecule has 4 rings (SSSR count). The van der Waals surface area contributed by atoms with Crippen molar-refractivity contribution >= 4 is 27.3 Å². The third-order valence-corrected chi connectivity index (χ3v) is 4.28. The van der Waals surface area contributed by atoms with Crippen LogP contribution in [0.25, 0.3) is 16.0 Å². The fraction of sp³-hybridized carbons (Fsp3) is 0.200. The van der Waals surface area contributed by atoms with Crippen LogP contribution in [0, 0.1) is 0 Å². The maximum Gasteiger partial charge on any atom is 0.193 e. The summed E-state index contributed by atoms with van der Waals surface area (Å²) < 4.78 is 4.34. The number of fused-ring (bicyclic) bond motifs is 2. The summed E-state index contributed by atoms with van der Waals surface area (Å²) in [5, 5.41) is 2.05. The molecule has 0 atom stereocenters. The van der Waals surface area contributed by atoms with E-state index in [4.69, 9.17) is 4.98 Å². The molecule has 0 aliphatic carbocycles. The summed E-state index contributed by atoms with van der Waals surface area (Å²) in [5.41, 5.74) is 3.32. The van der Waals surface area contributed by atoms with Crippen molar-refractivity contribution in [2.24, 2.45) is 0 Å². The third-order valence-electron chi connectivity index (χ3n) is 3.51. The van der Waals surface area contributed by atoms with E-state index in [0.29, 0.717) is 0 Å². The van der Waals surface area contributed by atoms with Crippen LogP contribution >= 0.6 is 11.3 Å². The molecule has 4 nitrogen and oxygen atoms in total. The predicted molar refractivity (Wildman–Crippen MR) is 81.3 cm³/mol. The lowest BCUT2D eigenvalue weighted by molar-refractivity contribution is 0.740. The first-order chi connectivity index (χ1) is 9.85. The minimum atomic E-state index is 0.776. The highest BCUT2D eigenvalue weighted by molar-refractivity contribution is 7.15. The Bertz CT molecular complexity index is 855. The first kappa shape index (κ1) is 11.7. The van der Waals surface area contributed by atoms with Crippen molar-refractivity contribution in [2.45, 2.75) is 19.9 Å². The summed E-state index contributed by atoms with van der Waals surface area (Å²) in [6, 6.07) is 8.29. The average Bonchev–Trinajstić information content (AvgIpc) is 3.12.